The van der Waals surface area contributed by atoms with E-state index >= 15 is 0 Å². The highest BCUT2D eigenvalue weighted by Crippen LogP contribution is 2.24. The molecule has 0 radical (unpaired) electrons. The molecule has 2 heterocycles. The van der Waals surface area contributed by atoms with Gasteiger partial charge in [-0.3, -0.25) is 0 Å². The summed E-state index contributed by atoms with van der Waals surface area (Å²) in [4.78, 5) is 4.00. The molecule has 1 saturated heterocycles. The van der Waals surface area contributed by atoms with Gasteiger partial charge in [-0.2, -0.15) is 4.31 Å². The number of aromatic nitrogens is 2. The lowest BCUT2D eigenvalue weighted by Gasteiger charge is -2.35. The van der Waals surface area contributed by atoms with Crippen LogP contribution in [0.4, 0.5) is 0 Å². The van der Waals surface area contributed by atoms with E-state index in [-0.39, 0.29) is 5.03 Å². The standard InChI is InChI=1S/C14H26N4O2S/c1-4-7-15-12(2)13-6-5-8-18(9-13)21(19,20)14-10-17(3)11-16-14/h10-13,15H,4-9H2,1-3H3. The van der Waals surface area contributed by atoms with Crippen molar-refractivity contribution in [1.29, 1.82) is 0 Å². The first-order chi connectivity index (χ1) is 9.95. The fourth-order valence-corrected chi connectivity index (χ4v) is 4.29. The van der Waals surface area contributed by atoms with Gasteiger partial charge in [-0.1, -0.05) is 6.92 Å². The van der Waals surface area contributed by atoms with Gasteiger partial charge in [0.1, 0.15) is 0 Å². The van der Waals surface area contributed by atoms with Gasteiger partial charge in [0, 0.05) is 32.4 Å². The van der Waals surface area contributed by atoms with Crippen LogP contribution >= 0.6 is 0 Å². The zero-order valence-electron chi connectivity index (χ0n) is 13.1. The molecule has 21 heavy (non-hydrogen) atoms. The van der Waals surface area contributed by atoms with Gasteiger partial charge in [0.25, 0.3) is 10.0 Å². The average molecular weight is 314 g/mol. The monoisotopic (exact) mass is 314 g/mol. The molecule has 1 aromatic rings. The molecule has 1 aliphatic rings. The molecular weight excluding hydrogens is 288 g/mol. The predicted molar refractivity (Wildman–Crippen MR) is 82.4 cm³/mol. The molecule has 0 bridgehead atoms. The molecule has 2 atom stereocenters. The van der Waals surface area contributed by atoms with Crippen LogP contribution in [0.3, 0.4) is 0 Å². The first kappa shape index (κ1) is 16.5. The van der Waals surface area contributed by atoms with Gasteiger partial charge >= 0.3 is 0 Å². The maximum absolute atomic E-state index is 12.6. The summed E-state index contributed by atoms with van der Waals surface area (Å²) in [5.74, 6) is 0.365. The van der Waals surface area contributed by atoms with Crippen molar-refractivity contribution in [2.24, 2.45) is 13.0 Å². The van der Waals surface area contributed by atoms with Crippen molar-refractivity contribution in [1.82, 2.24) is 19.2 Å². The van der Waals surface area contributed by atoms with Crippen LogP contribution < -0.4 is 5.32 Å². The molecular formula is C14H26N4O2S. The Morgan fingerprint density at radius 2 is 2.29 bits per heavy atom. The van der Waals surface area contributed by atoms with Crippen LogP contribution in [0.25, 0.3) is 0 Å². The Bertz CT molecular complexity index is 555. The second kappa shape index (κ2) is 6.89. The molecule has 1 aliphatic heterocycles. The molecule has 0 aliphatic carbocycles. The van der Waals surface area contributed by atoms with Crippen LogP contribution in [0.15, 0.2) is 17.6 Å². The van der Waals surface area contributed by atoms with E-state index in [4.69, 9.17) is 0 Å². The average Bonchev–Trinajstić information content (AvgIpc) is 2.92. The van der Waals surface area contributed by atoms with Crippen molar-refractivity contribution in [3.63, 3.8) is 0 Å². The first-order valence-corrected chi connectivity index (χ1v) is 9.10. The quantitative estimate of drug-likeness (QED) is 0.857. The number of piperidine rings is 1. The second-order valence-corrected chi connectivity index (χ2v) is 7.77. The van der Waals surface area contributed by atoms with E-state index in [0.717, 1.165) is 25.8 Å². The Morgan fingerprint density at radius 1 is 1.52 bits per heavy atom. The largest absolute Gasteiger partial charge is 0.339 e. The zero-order chi connectivity index (χ0) is 15.5. The molecule has 2 unspecified atom stereocenters. The van der Waals surface area contributed by atoms with Gasteiger partial charge in [-0.05, 0) is 38.6 Å². The molecule has 0 spiro atoms. The number of rotatable bonds is 6. The van der Waals surface area contributed by atoms with Gasteiger partial charge in [-0.25, -0.2) is 13.4 Å². The van der Waals surface area contributed by atoms with Crippen LogP contribution in [0.5, 0.6) is 0 Å². The minimum absolute atomic E-state index is 0.153. The van der Waals surface area contributed by atoms with Crippen molar-refractivity contribution in [2.75, 3.05) is 19.6 Å². The Hall–Kier alpha value is -0.920. The maximum Gasteiger partial charge on any atom is 0.262 e. The molecule has 6 nitrogen and oxygen atoms in total. The van der Waals surface area contributed by atoms with E-state index in [9.17, 15) is 8.42 Å². The fourth-order valence-electron chi connectivity index (χ4n) is 2.79. The van der Waals surface area contributed by atoms with Gasteiger partial charge in [0.05, 0.1) is 6.33 Å². The van der Waals surface area contributed by atoms with Crippen LogP contribution in [0.1, 0.15) is 33.1 Å². The summed E-state index contributed by atoms with van der Waals surface area (Å²) < 4.78 is 28.5. The third-order valence-electron chi connectivity index (χ3n) is 4.13. The third-order valence-corrected chi connectivity index (χ3v) is 5.88. The Labute approximate surface area is 127 Å². The molecule has 0 amide bonds. The summed E-state index contributed by atoms with van der Waals surface area (Å²) >= 11 is 0. The van der Waals surface area contributed by atoms with Crippen LogP contribution in [-0.4, -0.2) is 48.0 Å². The van der Waals surface area contributed by atoms with Crippen molar-refractivity contribution >= 4 is 10.0 Å². The minimum Gasteiger partial charge on any atom is -0.339 e. The highest BCUT2D eigenvalue weighted by Gasteiger charge is 2.33. The van der Waals surface area contributed by atoms with Gasteiger partial charge in [-0.15, -0.1) is 0 Å². The Morgan fingerprint density at radius 3 is 2.90 bits per heavy atom. The molecule has 1 N–H and O–H groups in total. The highest BCUT2D eigenvalue weighted by molar-refractivity contribution is 7.89. The molecule has 7 heteroatoms. The van der Waals surface area contributed by atoms with E-state index in [0.29, 0.717) is 25.0 Å². The lowest BCUT2D eigenvalue weighted by atomic mass is 9.93. The fraction of sp³-hybridized carbons (Fsp3) is 0.786. The van der Waals surface area contributed by atoms with Crippen molar-refractivity contribution in [2.45, 2.75) is 44.2 Å². The highest BCUT2D eigenvalue weighted by atomic mass is 32.2. The summed E-state index contributed by atoms with van der Waals surface area (Å²) in [7, 11) is -1.67. The van der Waals surface area contributed by atoms with E-state index in [1.807, 2.05) is 0 Å². The van der Waals surface area contributed by atoms with Gasteiger partial charge < -0.3 is 9.88 Å². The van der Waals surface area contributed by atoms with Crippen LogP contribution in [0.2, 0.25) is 0 Å². The van der Waals surface area contributed by atoms with Crippen molar-refractivity contribution < 1.29 is 8.42 Å². The van der Waals surface area contributed by atoms with E-state index < -0.39 is 10.0 Å². The SMILES string of the molecule is CCCNC(C)C1CCCN(S(=O)(=O)c2cn(C)cn2)C1. The number of imidazole rings is 1. The topological polar surface area (TPSA) is 67.2 Å². The van der Waals surface area contributed by atoms with Crippen molar-refractivity contribution in [3.05, 3.63) is 12.5 Å². The minimum atomic E-state index is -3.45. The maximum atomic E-state index is 12.6. The van der Waals surface area contributed by atoms with E-state index in [1.54, 1.807) is 22.1 Å². The number of hydrogen-bond acceptors (Lipinski definition) is 4. The van der Waals surface area contributed by atoms with Gasteiger partial charge in [0.15, 0.2) is 5.03 Å². The molecule has 0 aromatic carbocycles. The molecule has 1 fully saturated rings. The lowest BCUT2D eigenvalue weighted by molar-refractivity contribution is 0.224. The Balaban J connectivity index is 2.06. The number of nitrogens with zero attached hydrogens (tertiary/aromatic N) is 3. The predicted octanol–water partition coefficient (Wildman–Crippen LogP) is 1.21. The third kappa shape index (κ3) is 3.84. The normalized spacial score (nSPS) is 22.3. The van der Waals surface area contributed by atoms with Crippen molar-refractivity contribution in [3.8, 4) is 0 Å². The first-order valence-electron chi connectivity index (χ1n) is 7.66. The number of aryl methyl sites for hydroxylation is 1. The van der Waals surface area contributed by atoms with Gasteiger partial charge in [0.2, 0.25) is 0 Å². The number of nitrogens with one attached hydrogen (secondary N) is 1. The summed E-state index contributed by atoms with van der Waals surface area (Å²) in [6.45, 7) is 6.44. The second-order valence-electron chi connectivity index (χ2n) is 5.89. The molecule has 1 aromatic heterocycles. The smallest absolute Gasteiger partial charge is 0.262 e. The molecule has 120 valence electrons. The number of sulfonamides is 1. The summed E-state index contributed by atoms with van der Waals surface area (Å²) in [6.07, 6.45) is 6.17. The zero-order valence-corrected chi connectivity index (χ0v) is 13.9. The summed E-state index contributed by atoms with van der Waals surface area (Å²) in [5.41, 5.74) is 0. The Kier molecular flexibility index (Phi) is 5.40. The molecule has 2 rings (SSSR count). The lowest BCUT2D eigenvalue weighted by Crippen LogP contribution is -2.46. The summed E-state index contributed by atoms with van der Waals surface area (Å²) in [6, 6.07) is 0.340. The van der Waals surface area contributed by atoms with Crippen LogP contribution in [0, 0.1) is 5.92 Å². The van der Waals surface area contributed by atoms with E-state index in [2.05, 4.69) is 24.1 Å². The summed E-state index contributed by atoms with van der Waals surface area (Å²) in [5, 5.41) is 3.63. The number of hydrogen-bond donors (Lipinski definition) is 1. The van der Waals surface area contributed by atoms with E-state index in [1.165, 1.54) is 6.33 Å². The van der Waals surface area contributed by atoms with Crippen LogP contribution in [-0.2, 0) is 17.1 Å². The molecule has 0 saturated carbocycles.